The molecular weight excluding hydrogens is 308 g/mol. The van der Waals surface area contributed by atoms with Gasteiger partial charge >= 0.3 is 0 Å². The van der Waals surface area contributed by atoms with Crippen LogP contribution in [-0.2, 0) is 19.9 Å². The van der Waals surface area contributed by atoms with E-state index in [-0.39, 0.29) is 4.99 Å². The lowest BCUT2D eigenvalue weighted by atomic mass is 10.1. The van der Waals surface area contributed by atoms with Crippen molar-refractivity contribution < 1.29 is 16.8 Å². The van der Waals surface area contributed by atoms with E-state index in [1.807, 2.05) is 0 Å². The third-order valence-electron chi connectivity index (χ3n) is 2.08. The fraction of sp³-hybridized carbons (Fsp3) is 0.300. The van der Waals surface area contributed by atoms with Gasteiger partial charge in [-0.3, -0.25) is 0 Å². The molecule has 0 radical (unpaired) electrons. The van der Waals surface area contributed by atoms with Crippen LogP contribution in [0.1, 0.15) is 11.6 Å². The van der Waals surface area contributed by atoms with Gasteiger partial charge in [0.1, 0.15) is 0 Å². The van der Waals surface area contributed by atoms with Gasteiger partial charge in [0.2, 0.25) is 10.0 Å². The molecule has 19 heavy (non-hydrogen) atoms. The number of hydrogen-bond acceptors (Lipinski definition) is 5. The molecule has 0 amide bonds. The van der Waals surface area contributed by atoms with Crippen molar-refractivity contribution in [1.82, 2.24) is 4.72 Å². The maximum Gasteiger partial charge on any atom is 0.227 e. The maximum atomic E-state index is 11.7. The molecule has 9 heteroatoms. The van der Waals surface area contributed by atoms with Crippen molar-refractivity contribution in [2.24, 2.45) is 5.73 Å². The predicted molar refractivity (Wildman–Crippen MR) is 77.7 cm³/mol. The van der Waals surface area contributed by atoms with Gasteiger partial charge in [-0.05, 0) is 5.56 Å². The molecule has 1 aromatic rings. The molecule has 0 aliphatic heterocycles. The zero-order chi connectivity index (χ0) is 14.7. The number of sulfone groups is 1. The quantitative estimate of drug-likeness (QED) is 0.710. The molecule has 1 aromatic carbocycles. The van der Waals surface area contributed by atoms with Crippen LogP contribution in [0.15, 0.2) is 30.3 Å². The van der Waals surface area contributed by atoms with Crippen molar-refractivity contribution in [3.63, 3.8) is 0 Å². The first-order valence-corrected chi connectivity index (χ1v) is 9.25. The van der Waals surface area contributed by atoms with Crippen LogP contribution in [0.25, 0.3) is 0 Å². The van der Waals surface area contributed by atoms with Gasteiger partial charge in [0.25, 0.3) is 0 Å². The van der Waals surface area contributed by atoms with Crippen LogP contribution in [0.3, 0.4) is 0 Å². The zero-order valence-electron chi connectivity index (χ0n) is 10.1. The average molecular weight is 322 g/mol. The van der Waals surface area contributed by atoms with Crippen molar-refractivity contribution in [2.45, 2.75) is 6.04 Å². The lowest BCUT2D eigenvalue weighted by Crippen LogP contribution is -2.39. The summed E-state index contributed by atoms with van der Waals surface area (Å²) in [6, 6.07) is 7.52. The number of hydrogen-bond donors (Lipinski definition) is 2. The maximum absolute atomic E-state index is 11.7. The SMILES string of the molecule is CS(=O)(=O)CS(=O)(=O)NC(C(N)=S)c1ccccc1. The Morgan fingerprint density at radius 1 is 1.26 bits per heavy atom. The number of sulfonamides is 1. The van der Waals surface area contributed by atoms with E-state index in [1.165, 1.54) is 0 Å². The summed E-state index contributed by atoms with van der Waals surface area (Å²) >= 11 is 4.81. The number of thiocarbonyl (C=S) groups is 1. The van der Waals surface area contributed by atoms with Crippen LogP contribution < -0.4 is 10.5 Å². The normalized spacial score (nSPS) is 13.9. The van der Waals surface area contributed by atoms with Crippen LogP contribution in [-0.4, -0.2) is 33.2 Å². The van der Waals surface area contributed by atoms with E-state index in [0.717, 1.165) is 6.26 Å². The Hall–Kier alpha value is -1.03. The van der Waals surface area contributed by atoms with Gasteiger partial charge in [-0.2, -0.15) is 0 Å². The minimum Gasteiger partial charge on any atom is -0.392 e. The second-order valence-corrected chi connectivity index (χ2v) is 8.75. The van der Waals surface area contributed by atoms with E-state index in [2.05, 4.69) is 4.72 Å². The molecule has 0 aliphatic rings. The minimum absolute atomic E-state index is 0.0803. The first-order chi connectivity index (χ1) is 8.61. The van der Waals surface area contributed by atoms with Crippen LogP contribution >= 0.6 is 12.2 Å². The van der Waals surface area contributed by atoms with Gasteiger partial charge < -0.3 is 5.73 Å². The first kappa shape index (κ1) is 16.0. The first-order valence-electron chi connectivity index (χ1n) is 5.13. The molecule has 0 bridgehead atoms. The van der Waals surface area contributed by atoms with Crippen LogP contribution in [0.4, 0.5) is 0 Å². The van der Waals surface area contributed by atoms with E-state index in [1.54, 1.807) is 30.3 Å². The monoisotopic (exact) mass is 322 g/mol. The van der Waals surface area contributed by atoms with Crippen molar-refractivity contribution in [3.05, 3.63) is 35.9 Å². The van der Waals surface area contributed by atoms with Crippen LogP contribution in [0, 0.1) is 0 Å². The molecule has 0 saturated heterocycles. The minimum atomic E-state index is -4.04. The summed E-state index contributed by atoms with van der Waals surface area (Å²) in [6.07, 6.45) is 0.838. The zero-order valence-corrected chi connectivity index (χ0v) is 12.6. The fourth-order valence-corrected chi connectivity index (χ4v) is 4.85. The largest absolute Gasteiger partial charge is 0.392 e. The molecule has 6 nitrogen and oxygen atoms in total. The Labute approximate surface area is 118 Å². The summed E-state index contributed by atoms with van der Waals surface area (Å²) in [7, 11) is -7.71. The Morgan fingerprint density at radius 3 is 2.21 bits per heavy atom. The molecule has 0 heterocycles. The molecule has 1 unspecified atom stereocenters. The molecule has 0 aliphatic carbocycles. The van der Waals surface area contributed by atoms with Gasteiger partial charge in [-0.25, -0.2) is 21.6 Å². The topological polar surface area (TPSA) is 106 Å². The Balaban J connectivity index is 3.02. The molecule has 1 atom stereocenters. The smallest absolute Gasteiger partial charge is 0.227 e. The summed E-state index contributed by atoms with van der Waals surface area (Å²) in [4.78, 5) is -0.0803. The molecule has 0 spiro atoms. The highest BCUT2D eigenvalue weighted by molar-refractivity contribution is 8.06. The number of nitrogens with one attached hydrogen (secondary N) is 1. The van der Waals surface area contributed by atoms with Crippen LogP contribution in [0.5, 0.6) is 0 Å². The second kappa shape index (κ2) is 5.95. The molecule has 0 saturated carbocycles. The molecule has 0 fully saturated rings. The summed E-state index contributed by atoms with van der Waals surface area (Å²) in [6.45, 7) is 0. The lowest BCUT2D eigenvalue weighted by Gasteiger charge is -2.17. The van der Waals surface area contributed by atoms with E-state index in [9.17, 15) is 16.8 Å². The summed E-state index contributed by atoms with van der Waals surface area (Å²) in [5.41, 5.74) is 6.04. The third kappa shape index (κ3) is 5.64. The number of nitrogens with two attached hydrogens (primary N) is 1. The van der Waals surface area contributed by atoms with E-state index in [0.29, 0.717) is 5.56 Å². The highest BCUT2D eigenvalue weighted by atomic mass is 32.3. The predicted octanol–water partition coefficient (Wildman–Crippen LogP) is -0.0647. The lowest BCUT2D eigenvalue weighted by molar-refractivity contribution is 0.577. The van der Waals surface area contributed by atoms with E-state index in [4.69, 9.17) is 18.0 Å². The summed E-state index contributed by atoms with van der Waals surface area (Å²) < 4.78 is 47.8. The van der Waals surface area contributed by atoms with Crippen molar-refractivity contribution in [1.29, 1.82) is 0 Å². The molecule has 1 rings (SSSR count). The van der Waals surface area contributed by atoms with E-state index >= 15 is 0 Å². The molecule has 106 valence electrons. The van der Waals surface area contributed by atoms with Gasteiger partial charge in [0.05, 0.1) is 11.0 Å². The summed E-state index contributed by atoms with van der Waals surface area (Å²) in [5, 5.41) is -1.01. The Kier molecular flexibility index (Phi) is 5.02. The molecular formula is C10H14N2O4S3. The molecule has 0 aromatic heterocycles. The second-order valence-electron chi connectivity index (χ2n) is 4.02. The highest BCUT2D eigenvalue weighted by Gasteiger charge is 2.24. The molecule has 3 N–H and O–H groups in total. The van der Waals surface area contributed by atoms with Crippen molar-refractivity contribution in [2.75, 3.05) is 11.3 Å². The average Bonchev–Trinajstić information content (AvgIpc) is 2.23. The summed E-state index contributed by atoms with van der Waals surface area (Å²) in [5.74, 6) is 0. The Bertz CT molecular complexity index is 653. The Morgan fingerprint density at radius 2 is 1.79 bits per heavy atom. The van der Waals surface area contributed by atoms with Crippen molar-refractivity contribution >= 4 is 37.1 Å². The van der Waals surface area contributed by atoms with Gasteiger partial charge in [0.15, 0.2) is 14.9 Å². The number of benzene rings is 1. The van der Waals surface area contributed by atoms with Crippen molar-refractivity contribution in [3.8, 4) is 0 Å². The van der Waals surface area contributed by atoms with Gasteiger partial charge in [-0.1, -0.05) is 42.5 Å². The number of rotatable bonds is 6. The van der Waals surface area contributed by atoms with Gasteiger partial charge in [0, 0.05) is 6.26 Å². The van der Waals surface area contributed by atoms with E-state index < -0.39 is 31.0 Å². The van der Waals surface area contributed by atoms with Crippen LogP contribution in [0.2, 0.25) is 0 Å². The fourth-order valence-electron chi connectivity index (χ4n) is 1.43. The highest BCUT2D eigenvalue weighted by Crippen LogP contribution is 2.14. The standard InChI is InChI=1S/C10H14N2O4S3/c1-18(13,14)7-19(15,16)12-9(10(11)17)8-5-3-2-4-6-8/h2-6,9,12H,7H2,1H3,(H2,11,17). The van der Waals surface area contributed by atoms with Gasteiger partial charge in [-0.15, -0.1) is 0 Å². The third-order valence-corrected chi connectivity index (χ3v) is 5.87.